The molecule has 1 aliphatic rings. The normalized spacial score (nSPS) is 18.0. The molecule has 3 aromatic rings. The summed E-state index contributed by atoms with van der Waals surface area (Å²) in [6.45, 7) is 4.63. The minimum Gasteiger partial charge on any atom is -0.475 e. The molecule has 4 bridgehead atoms. The predicted molar refractivity (Wildman–Crippen MR) is 109 cm³/mol. The van der Waals surface area contributed by atoms with E-state index in [1.807, 2.05) is 6.07 Å². The molecule has 0 saturated carbocycles. The van der Waals surface area contributed by atoms with Gasteiger partial charge in [-0.3, -0.25) is 5.10 Å². The fourth-order valence-electron chi connectivity index (χ4n) is 3.17. The molecule has 3 N–H and O–H groups in total. The van der Waals surface area contributed by atoms with Gasteiger partial charge in [-0.15, -0.1) is 0 Å². The highest BCUT2D eigenvalue weighted by atomic mass is 32.2. The van der Waals surface area contributed by atoms with E-state index in [9.17, 15) is 8.42 Å². The number of nitrogens with one attached hydrogen (secondary N) is 3. The third-order valence-electron chi connectivity index (χ3n) is 4.43. The lowest BCUT2D eigenvalue weighted by Gasteiger charge is -2.23. The number of hydrogen-bond acceptors (Lipinski definition) is 7. The zero-order valence-electron chi connectivity index (χ0n) is 16.1. The van der Waals surface area contributed by atoms with Crippen molar-refractivity contribution >= 4 is 21.7 Å². The van der Waals surface area contributed by atoms with Crippen molar-refractivity contribution in [3.8, 4) is 17.1 Å². The van der Waals surface area contributed by atoms with E-state index in [1.54, 1.807) is 30.6 Å². The Bertz CT molecular complexity index is 1100. The van der Waals surface area contributed by atoms with Crippen molar-refractivity contribution in [1.29, 1.82) is 0 Å². The molecule has 0 amide bonds. The second kappa shape index (κ2) is 7.70. The Balaban J connectivity index is 1.79. The highest BCUT2D eigenvalue weighted by Gasteiger charge is 2.21. The number of rotatable bonds is 3. The lowest BCUT2D eigenvalue weighted by molar-refractivity contribution is 0.271. The monoisotopic (exact) mass is 414 g/mol. The number of benzene rings is 1. The van der Waals surface area contributed by atoms with Gasteiger partial charge in [0.15, 0.2) is 0 Å². The molecule has 0 spiro atoms. The number of nitrogens with zero attached hydrogens (tertiary/aromatic N) is 3. The second-order valence-electron chi connectivity index (χ2n) is 7.32. The molecule has 1 aromatic carbocycles. The molecule has 0 fully saturated rings. The van der Waals surface area contributed by atoms with Gasteiger partial charge >= 0.3 is 0 Å². The number of fused-ring (bicyclic) bond motifs is 4. The third kappa shape index (κ3) is 4.48. The zero-order valence-corrected chi connectivity index (χ0v) is 16.9. The zero-order chi connectivity index (χ0) is 20.4. The van der Waals surface area contributed by atoms with Crippen molar-refractivity contribution in [2.24, 2.45) is 5.92 Å². The maximum absolute atomic E-state index is 12.9. The molecule has 0 aliphatic carbocycles. The first-order valence-corrected chi connectivity index (χ1v) is 10.8. The molecule has 2 aromatic heterocycles. The van der Waals surface area contributed by atoms with Crippen LogP contribution in [0.2, 0.25) is 0 Å². The third-order valence-corrected chi connectivity index (χ3v) is 5.75. The van der Waals surface area contributed by atoms with Crippen LogP contribution in [0.5, 0.6) is 5.88 Å². The van der Waals surface area contributed by atoms with E-state index in [-0.39, 0.29) is 22.8 Å². The predicted octanol–water partition coefficient (Wildman–Crippen LogP) is 2.89. The quantitative estimate of drug-likeness (QED) is 0.602. The van der Waals surface area contributed by atoms with Gasteiger partial charge in [0.05, 0.1) is 22.8 Å². The Hall–Kier alpha value is -3.14. The molecule has 1 atom stereocenters. The number of ether oxygens (including phenoxy) is 1. The molecule has 10 heteroatoms. The molecular weight excluding hydrogens is 392 g/mol. The molecule has 0 saturated heterocycles. The largest absolute Gasteiger partial charge is 0.475 e. The summed E-state index contributed by atoms with van der Waals surface area (Å²) < 4.78 is 34.1. The average Bonchev–Trinajstić information content (AvgIpc) is 3.20. The van der Waals surface area contributed by atoms with Crippen LogP contribution in [0.25, 0.3) is 11.3 Å². The van der Waals surface area contributed by atoms with Crippen LogP contribution in [0, 0.1) is 5.92 Å². The van der Waals surface area contributed by atoms with E-state index in [2.05, 4.69) is 44.1 Å². The van der Waals surface area contributed by atoms with Gasteiger partial charge in [0.2, 0.25) is 11.8 Å². The van der Waals surface area contributed by atoms with Gasteiger partial charge in [0, 0.05) is 23.5 Å². The Kier molecular flexibility index (Phi) is 5.10. The smallest absolute Gasteiger partial charge is 0.264 e. The molecule has 9 nitrogen and oxygen atoms in total. The number of anilines is 2. The SMILES string of the molecule is CC(C)C[C@@H]1COc2cc(-c3cn[nH]c3)nc(n2)NS(=O)(=O)c2cccc(c2)N1. The molecule has 0 unspecified atom stereocenters. The van der Waals surface area contributed by atoms with Crippen LogP contribution in [0.15, 0.2) is 47.6 Å². The summed E-state index contributed by atoms with van der Waals surface area (Å²) in [5, 5.41) is 10.0. The van der Waals surface area contributed by atoms with E-state index in [0.717, 1.165) is 6.42 Å². The first-order chi connectivity index (χ1) is 13.9. The Morgan fingerprint density at radius 2 is 2.10 bits per heavy atom. The van der Waals surface area contributed by atoms with Crippen LogP contribution >= 0.6 is 0 Å². The van der Waals surface area contributed by atoms with Gasteiger partial charge in [-0.2, -0.15) is 10.1 Å². The van der Waals surface area contributed by atoms with Crippen molar-refractivity contribution in [3.05, 3.63) is 42.7 Å². The molecular formula is C19H22N6O3S. The topological polar surface area (TPSA) is 122 Å². The number of H-pyrrole nitrogens is 1. The lowest BCUT2D eigenvalue weighted by Crippen LogP contribution is -2.29. The average molecular weight is 414 g/mol. The highest BCUT2D eigenvalue weighted by Crippen LogP contribution is 2.26. The van der Waals surface area contributed by atoms with Crippen molar-refractivity contribution in [3.63, 3.8) is 0 Å². The van der Waals surface area contributed by atoms with Crippen LogP contribution in [0.3, 0.4) is 0 Å². The first kappa shape index (κ1) is 19.2. The lowest BCUT2D eigenvalue weighted by atomic mass is 10.0. The van der Waals surface area contributed by atoms with E-state index >= 15 is 0 Å². The summed E-state index contributed by atoms with van der Waals surface area (Å²) in [5.74, 6) is 0.659. The van der Waals surface area contributed by atoms with Crippen LogP contribution in [-0.2, 0) is 10.0 Å². The van der Waals surface area contributed by atoms with Crippen LogP contribution in [0.4, 0.5) is 11.6 Å². The number of sulfonamides is 1. The number of aromatic amines is 1. The summed E-state index contributed by atoms with van der Waals surface area (Å²) in [4.78, 5) is 8.69. The van der Waals surface area contributed by atoms with E-state index in [0.29, 0.717) is 29.5 Å². The van der Waals surface area contributed by atoms with Crippen molar-refractivity contribution in [1.82, 2.24) is 20.2 Å². The molecule has 4 rings (SSSR count). The maximum atomic E-state index is 12.9. The Morgan fingerprint density at radius 3 is 2.86 bits per heavy atom. The molecule has 3 heterocycles. The van der Waals surface area contributed by atoms with Gasteiger partial charge < -0.3 is 10.1 Å². The number of hydrogen-bond donors (Lipinski definition) is 3. The standard InChI is InChI=1S/C19H22N6O3S/c1-12(2)6-15-11-28-18-8-17(13-9-20-21-10-13)23-19(24-18)25-29(26,27)16-5-3-4-14(7-16)22-15/h3-5,7-10,12,15,22H,6,11H2,1-2H3,(H,20,21)(H,23,24,25)/t15-/m1/s1. The van der Waals surface area contributed by atoms with Gasteiger partial charge in [0.1, 0.15) is 6.61 Å². The van der Waals surface area contributed by atoms with E-state index < -0.39 is 10.0 Å². The van der Waals surface area contributed by atoms with Gasteiger partial charge in [-0.25, -0.2) is 18.1 Å². The number of aromatic nitrogens is 4. The minimum atomic E-state index is -3.87. The molecule has 152 valence electrons. The summed E-state index contributed by atoms with van der Waals surface area (Å²) >= 11 is 0. The highest BCUT2D eigenvalue weighted by molar-refractivity contribution is 7.92. The summed E-state index contributed by atoms with van der Waals surface area (Å²) in [7, 11) is -3.87. The van der Waals surface area contributed by atoms with Gasteiger partial charge in [0.25, 0.3) is 10.0 Å². The first-order valence-electron chi connectivity index (χ1n) is 9.29. The Labute approximate surface area is 169 Å². The maximum Gasteiger partial charge on any atom is 0.264 e. The summed E-state index contributed by atoms with van der Waals surface area (Å²) in [6, 6.07) is 8.32. The second-order valence-corrected chi connectivity index (χ2v) is 9.00. The minimum absolute atomic E-state index is 0.0175. The molecule has 0 radical (unpaired) electrons. The fourth-order valence-corrected chi connectivity index (χ4v) is 4.16. The Morgan fingerprint density at radius 1 is 1.24 bits per heavy atom. The van der Waals surface area contributed by atoms with Gasteiger partial charge in [-0.05, 0) is 30.5 Å². The van der Waals surface area contributed by atoms with E-state index in [1.165, 1.54) is 6.07 Å². The van der Waals surface area contributed by atoms with Crippen LogP contribution in [0.1, 0.15) is 20.3 Å². The summed E-state index contributed by atoms with van der Waals surface area (Å²) in [5.41, 5.74) is 1.91. The van der Waals surface area contributed by atoms with E-state index in [4.69, 9.17) is 4.74 Å². The van der Waals surface area contributed by atoms with Crippen LogP contribution in [-0.4, -0.2) is 41.2 Å². The summed E-state index contributed by atoms with van der Waals surface area (Å²) in [6.07, 6.45) is 4.11. The molecule has 29 heavy (non-hydrogen) atoms. The fraction of sp³-hybridized carbons (Fsp3) is 0.316. The van der Waals surface area contributed by atoms with Crippen LogP contribution < -0.4 is 14.8 Å². The van der Waals surface area contributed by atoms with Crippen molar-refractivity contribution in [2.75, 3.05) is 16.6 Å². The van der Waals surface area contributed by atoms with Crippen molar-refractivity contribution < 1.29 is 13.2 Å². The molecule has 1 aliphatic heterocycles. The van der Waals surface area contributed by atoms with Gasteiger partial charge in [-0.1, -0.05) is 19.9 Å². The van der Waals surface area contributed by atoms with Crippen molar-refractivity contribution in [2.45, 2.75) is 31.2 Å².